The Hall–Kier alpha value is -0.120. The highest BCUT2D eigenvalue weighted by Gasteiger charge is 2.31. The van der Waals surface area contributed by atoms with Crippen LogP contribution in [0.4, 0.5) is 0 Å². The maximum atomic E-state index is 9.46. The molecule has 4 atom stereocenters. The van der Waals surface area contributed by atoms with Crippen molar-refractivity contribution in [3.8, 4) is 0 Å². The summed E-state index contributed by atoms with van der Waals surface area (Å²) in [5.41, 5.74) is 0. The molecule has 1 aliphatic rings. The third-order valence-corrected chi connectivity index (χ3v) is 3.20. The molecule has 1 saturated heterocycles. The lowest BCUT2D eigenvalue weighted by Crippen LogP contribution is -2.46. The van der Waals surface area contributed by atoms with Crippen LogP contribution in [0, 0.1) is 0 Å². The van der Waals surface area contributed by atoms with Crippen molar-refractivity contribution in [3.63, 3.8) is 0 Å². The molecule has 0 aromatic rings. The molecule has 0 radical (unpaired) electrons. The van der Waals surface area contributed by atoms with Crippen molar-refractivity contribution in [2.24, 2.45) is 0 Å². The Bertz CT molecular complexity index is 161. The smallest absolute Gasteiger partial charge is 0.0703 e. The topological polar surface area (TPSA) is 32.7 Å². The van der Waals surface area contributed by atoms with Crippen LogP contribution in [0.3, 0.4) is 0 Å². The second kappa shape index (κ2) is 4.40. The first kappa shape index (κ1) is 11.0. The van der Waals surface area contributed by atoms with Gasteiger partial charge < -0.3 is 9.84 Å². The molecule has 0 aromatic carbocycles. The van der Waals surface area contributed by atoms with E-state index in [9.17, 15) is 5.11 Å². The standard InChI is InChI=1S/C10H21NO2/c1-7(8(2)12)11(4)10-5-6-13-9(10)3/h7-10,12H,5-6H2,1-4H3. The van der Waals surface area contributed by atoms with Crippen LogP contribution in [0.2, 0.25) is 0 Å². The van der Waals surface area contributed by atoms with Gasteiger partial charge in [-0.25, -0.2) is 0 Å². The molecule has 1 fully saturated rings. The van der Waals surface area contributed by atoms with E-state index in [4.69, 9.17) is 4.74 Å². The summed E-state index contributed by atoms with van der Waals surface area (Å²) < 4.78 is 5.49. The minimum absolute atomic E-state index is 0.203. The largest absolute Gasteiger partial charge is 0.392 e. The number of hydrogen-bond donors (Lipinski definition) is 1. The monoisotopic (exact) mass is 187 g/mol. The minimum Gasteiger partial charge on any atom is -0.392 e. The van der Waals surface area contributed by atoms with Crippen molar-refractivity contribution in [1.82, 2.24) is 4.90 Å². The molecule has 78 valence electrons. The van der Waals surface area contributed by atoms with Crippen molar-refractivity contribution in [2.45, 2.75) is 51.5 Å². The SMILES string of the molecule is CC(O)C(C)N(C)C1CCOC1C. The lowest BCUT2D eigenvalue weighted by molar-refractivity contribution is 0.0295. The van der Waals surface area contributed by atoms with E-state index in [1.54, 1.807) is 0 Å². The van der Waals surface area contributed by atoms with Crippen molar-refractivity contribution < 1.29 is 9.84 Å². The fourth-order valence-electron chi connectivity index (χ4n) is 1.90. The van der Waals surface area contributed by atoms with Crippen LogP contribution in [0.15, 0.2) is 0 Å². The molecule has 13 heavy (non-hydrogen) atoms. The van der Waals surface area contributed by atoms with Crippen LogP contribution in [-0.4, -0.2) is 48.0 Å². The molecule has 0 aliphatic carbocycles. The summed E-state index contributed by atoms with van der Waals surface area (Å²) in [6.07, 6.45) is 1.10. The lowest BCUT2D eigenvalue weighted by atomic mass is 10.1. The third-order valence-electron chi connectivity index (χ3n) is 3.20. The van der Waals surface area contributed by atoms with Crippen LogP contribution >= 0.6 is 0 Å². The zero-order valence-corrected chi connectivity index (χ0v) is 9.03. The van der Waals surface area contributed by atoms with Gasteiger partial charge in [0, 0.05) is 18.7 Å². The summed E-state index contributed by atoms with van der Waals surface area (Å²) in [7, 11) is 2.06. The number of rotatable bonds is 3. The summed E-state index contributed by atoms with van der Waals surface area (Å²) >= 11 is 0. The van der Waals surface area contributed by atoms with Gasteiger partial charge in [0.2, 0.25) is 0 Å². The fraction of sp³-hybridized carbons (Fsp3) is 1.00. The van der Waals surface area contributed by atoms with Gasteiger partial charge in [0.05, 0.1) is 12.2 Å². The Labute approximate surface area is 80.7 Å². The van der Waals surface area contributed by atoms with Gasteiger partial charge in [-0.15, -0.1) is 0 Å². The van der Waals surface area contributed by atoms with Crippen LogP contribution < -0.4 is 0 Å². The summed E-state index contributed by atoms with van der Waals surface area (Å²) in [5.74, 6) is 0. The van der Waals surface area contributed by atoms with E-state index < -0.39 is 0 Å². The van der Waals surface area contributed by atoms with E-state index in [2.05, 4.69) is 25.8 Å². The molecule has 1 rings (SSSR count). The average Bonchev–Trinajstić information content (AvgIpc) is 2.48. The van der Waals surface area contributed by atoms with Gasteiger partial charge in [0.25, 0.3) is 0 Å². The summed E-state index contributed by atoms with van der Waals surface area (Å²) in [6.45, 7) is 6.84. The quantitative estimate of drug-likeness (QED) is 0.711. The number of likely N-dealkylation sites (N-methyl/N-ethyl adjacent to an activating group) is 1. The highest BCUT2D eigenvalue weighted by molar-refractivity contribution is 4.84. The zero-order valence-electron chi connectivity index (χ0n) is 9.03. The van der Waals surface area contributed by atoms with Crippen molar-refractivity contribution >= 4 is 0 Å². The fourth-order valence-corrected chi connectivity index (χ4v) is 1.90. The number of ether oxygens (including phenoxy) is 1. The Kier molecular flexibility index (Phi) is 3.71. The summed E-state index contributed by atoms with van der Waals surface area (Å²) in [5, 5.41) is 9.46. The number of hydrogen-bond acceptors (Lipinski definition) is 3. The molecule has 0 amide bonds. The molecule has 1 aliphatic heterocycles. The molecule has 3 heteroatoms. The van der Waals surface area contributed by atoms with Gasteiger partial charge in [-0.1, -0.05) is 0 Å². The van der Waals surface area contributed by atoms with Gasteiger partial charge in [-0.05, 0) is 34.2 Å². The minimum atomic E-state index is -0.280. The molecule has 0 bridgehead atoms. The van der Waals surface area contributed by atoms with Gasteiger partial charge in [0.15, 0.2) is 0 Å². The van der Waals surface area contributed by atoms with Crippen LogP contribution in [0.25, 0.3) is 0 Å². The maximum absolute atomic E-state index is 9.46. The van der Waals surface area contributed by atoms with E-state index in [1.165, 1.54) is 0 Å². The Morgan fingerprint density at radius 3 is 2.46 bits per heavy atom. The van der Waals surface area contributed by atoms with E-state index >= 15 is 0 Å². The van der Waals surface area contributed by atoms with Crippen molar-refractivity contribution in [3.05, 3.63) is 0 Å². The van der Waals surface area contributed by atoms with Gasteiger partial charge in [-0.2, -0.15) is 0 Å². The Morgan fingerprint density at radius 2 is 2.08 bits per heavy atom. The Balaban J connectivity index is 2.50. The van der Waals surface area contributed by atoms with Crippen LogP contribution in [0.5, 0.6) is 0 Å². The van der Waals surface area contributed by atoms with Crippen molar-refractivity contribution in [1.29, 1.82) is 0 Å². The van der Waals surface area contributed by atoms with Gasteiger partial charge >= 0.3 is 0 Å². The molecule has 0 spiro atoms. The number of aliphatic hydroxyl groups is 1. The molecule has 4 unspecified atom stereocenters. The first-order valence-electron chi connectivity index (χ1n) is 5.05. The van der Waals surface area contributed by atoms with Crippen LogP contribution in [0.1, 0.15) is 27.2 Å². The normalized spacial score (nSPS) is 33.7. The first-order chi connectivity index (χ1) is 6.04. The molecule has 1 N–H and O–H groups in total. The van der Waals surface area contributed by atoms with Gasteiger partial charge in [0.1, 0.15) is 0 Å². The third kappa shape index (κ3) is 2.42. The predicted molar refractivity (Wildman–Crippen MR) is 52.7 cm³/mol. The van der Waals surface area contributed by atoms with E-state index in [0.29, 0.717) is 12.1 Å². The van der Waals surface area contributed by atoms with E-state index in [1.807, 2.05) is 6.92 Å². The lowest BCUT2D eigenvalue weighted by Gasteiger charge is -2.33. The average molecular weight is 187 g/mol. The molecule has 0 saturated carbocycles. The number of aliphatic hydroxyl groups excluding tert-OH is 1. The molecule has 1 heterocycles. The summed E-state index contributed by atoms with van der Waals surface area (Å²) in [4.78, 5) is 2.22. The second-order valence-corrected chi connectivity index (χ2v) is 4.08. The highest BCUT2D eigenvalue weighted by atomic mass is 16.5. The predicted octanol–water partition coefficient (Wildman–Crippen LogP) is 0.865. The Morgan fingerprint density at radius 1 is 1.46 bits per heavy atom. The summed E-state index contributed by atoms with van der Waals surface area (Å²) in [6, 6.07) is 0.666. The highest BCUT2D eigenvalue weighted by Crippen LogP contribution is 2.20. The van der Waals surface area contributed by atoms with Crippen molar-refractivity contribution in [2.75, 3.05) is 13.7 Å². The first-order valence-corrected chi connectivity index (χ1v) is 5.05. The maximum Gasteiger partial charge on any atom is 0.0703 e. The molecule has 3 nitrogen and oxygen atoms in total. The van der Waals surface area contributed by atoms with E-state index in [-0.39, 0.29) is 12.1 Å². The van der Waals surface area contributed by atoms with Gasteiger partial charge in [-0.3, -0.25) is 4.90 Å². The molecule has 0 aromatic heterocycles. The van der Waals surface area contributed by atoms with Crippen LogP contribution in [-0.2, 0) is 4.74 Å². The molecular weight excluding hydrogens is 166 g/mol. The zero-order chi connectivity index (χ0) is 10.0. The number of nitrogens with zero attached hydrogens (tertiary/aromatic N) is 1. The molecular formula is C10H21NO2. The van der Waals surface area contributed by atoms with E-state index in [0.717, 1.165) is 13.0 Å². The second-order valence-electron chi connectivity index (χ2n) is 4.08.